The van der Waals surface area contributed by atoms with Crippen LogP contribution < -0.4 is 10.6 Å². The zero-order chi connectivity index (χ0) is 19.5. The fourth-order valence-electron chi connectivity index (χ4n) is 3.62. The van der Waals surface area contributed by atoms with E-state index in [0.717, 1.165) is 5.06 Å². The number of urea groups is 1. The van der Waals surface area contributed by atoms with Crippen LogP contribution in [-0.4, -0.2) is 40.8 Å². The summed E-state index contributed by atoms with van der Waals surface area (Å²) < 4.78 is 4.93. The summed E-state index contributed by atoms with van der Waals surface area (Å²) in [5.41, 5.74) is -0.0680. The van der Waals surface area contributed by atoms with Crippen LogP contribution in [0.4, 0.5) is 10.5 Å². The van der Waals surface area contributed by atoms with Crippen LogP contribution >= 0.6 is 0 Å². The minimum atomic E-state index is -0.541. The molecule has 0 spiro atoms. The Morgan fingerprint density at radius 3 is 2.15 bits per heavy atom. The van der Waals surface area contributed by atoms with Crippen LogP contribution in [0.2, 0.25) is 0 Å². The highest BCUT2D eigenvalue weighted by Crippen LogP contribution is 2.36. The number of hydrogen-bond acceptors (Lipinski definition) is 4. The van der Waals surface area contributed by atoms with Crippen molar-refractivity contribution in [2.24, 2.45) is 0 Å². The number of nitrogens with one attached hydrogen (secondary N) is 2. The standard InChI is InChI=1S/C19H28N3O4/c1-6-26-16(23)13-7-9-14(10-8-13)20-17(24)21-15-11-18(2,3)22(25)19(4,5)12-15/h7-10,15H,6,11-12H2,1-5H3,(H2,20,21,24). The van der Waals surface area contributed by atoms with Crippen molar-refractivity contribution >= 4 is 17.7 Å². The predicted molar refractivity (Wildman–Crippen MR) is 98.3 cm³/mol. The van der Waals surface area contributed by atoms with E-state index in [2.05, 4.69) is 10.6 Å². The third-order valence-corrected chi connectivity index (χ3v) is 4.58. The Kier molecular flexibility index (Phi) is 5.93. The van der Waals surface area contributed by atoms with Crippen LogP contribution in [0.5, 0.6) is 0 Å². The summed E-state index contributed by atoms with van der Waals surface area (Å²) in [5, 5.41) is 19.2. The Morgan fingerprint density at radius 2 is 1.65 bits per heavy atom. The third kappa shape index (κ3) is 4.74. The maximum absolute atomic E-state index is 12.4. The summed E-state index contributed by atoms with van der Waals surface area (Å²) in [5.74, 6) is -0.391. The van der Waals surface area contributed by atoms with Gasteiger partial charge in [-0.25, -0.2) is 9.59 Å². The highest BCUT2D eigenvalue weighted by Gasteiger charge is 2.46. The van der Waals surface area contributed by atoms with E-state index in [1.807, 2.05) is 27.7 Å². The number of ether oxygens (including phenoxy) is 1. The Hall–Kier alpha value is -2.12. The Bertz CT molecular complexity index is 637. The van der Waals surface area contributed by atoms with E-state index in [1.54, 1.807) is 31.2 Å². The summed E-state index contributed by atoms with van der Waals surface area (Å²) in [4.78, 5) is 23.9. The average molecular weight is 362 g/mol. The van der Waals surface area contributed by atoms with Crippen LogP contribution in [0.25, 0.3) is 0 Å². The molecule has 7 heteroatoms. The first-order valence-corrected chi connectivity index (χ1v) is 8.87. The maximum atomic E-state index is 12.4. The third-order valence-electron chi connectivity index (χ3n) is 4.58. The van der Waals surface area contributed by atoms with Crippen molar-refractivity contribution in [3.63, 3.8) is 0 Å². The highest BCUT2D eigenvalue weighted by molar-refractivity contribution is 5.92. The minimum Gasteiger partial charge on any atom is -0.462 e. The molecule has 1 aliphatic heterocycles. The van der Waals surface area contributed by atoms with E-state index < -0.39 is 17.0 Å². The summed E-state index contributed by atoms with van der Waals surface area (Å²) in [6.07, 6.45) is 1.16. The molecule has 1 radical (unpaired) electrons. The van der Waals surface area contributed by atoms with Crippen molar-refractivity contribution in [1.29, 1.82) is 0 Å². The number of carbonyl (C=O) groups is 2. The van der Waals surface area contributed by atoms with Gasteiger partial charge in [0, 0.05) is 22.8 Å². The second-order valence-corrected chi connectivity index (χ2v) is 7.92. The number of anilines is 1. The lowest BCUT2D eigenvalue weighted by Gasteiger charge is -2.49. The lowest BCUT2D eigenvalue weighted by Crippen LogP contribution is -2.62. The first-order chi connectivity index (χ1) is 12.0. The van der Waals surface area contributed by atoms with Crippen molar-refractivity contribution in [3.05, 3.63) is 29.8 Å². The van der Waals surface area contributed by atoms with Gasteiger partial charge in [-0.3, -0.25) is 0 Å². The molecule has 0 atom stereocenters. The largest absolute Gasteiger partial charge is 0.462 e. The summed E-state index contributed by atoms with van der Waals surface area (Å²) >= 11 is 0. The van der Waals surface area contributed by atoms with Gasteiger partial charge in [0.1, 0.15) is 0 Å². The van der Waals surface area contributed by atoms with Crippen LogP contribution in [0.1, 0.15) is 57.8 Å². The molecule has 2 rings (SSSR count). The molecular formula is C19H28N3O4. The van der Waals surface area contributed by atoms with Gasteiger partial charge in [0.2, 0.25) is 0 Å². The molecule has 1 fully saturated rings. The second kappa shape index (κ2) is 7.63. The highest BCUT2D eigenvalue weighted by atomic mass is 16.5. The first-order valence-electron chi connectivity index (χ1n) is 8.87. The molecule has 2 amide bonds. The van der Waals surface area contributed by atoms with Crippen LogP contribution in [-0.2, 0) is 9.94 Å². The molecule has 0 aliphatic carbocycles. The van der Waals surface area contributed by atoms with Gasteiger partial charge in [0.25, 0.3) is 0 Å². The van der Waals surface area contributed by atoms with Gasteiger partial charge in [0.15, 0.2) is 0 Å². The monoisotopic (exact) mass is 362 g/mol. The number of nitrogens with zero attached hydrogens (tertiary/aromatic N) is 1. The topological polar surface area (TPSA) is 90.6 Å². The number of piperidine rings is 1. The first kappa shape index (κ1) is 20.2. The number of carbonyl (C=O) groups excluding carboxylic acids is 2. The second-order valence-electron chi connectivity index (χ2n) is 7.92. The Labute approximate surface area is 154 Å². The van der Waals surface area contributed by atoms with Crippen LogP contribution in [0.15, 0.2) is 24.3 Å². The summed E-state index contributed by atoms with van der Waals surface area (Å²) in [6.45, 7) is 9.63. The number of benzene rings is 1. The fraction of sp³-hybridized carbons (Fsp3) is 0.579. The quantitative estimate of drug-likeness (QED) is 0.804. The molecule has 0 aromatic heterocycles. The molecule has 0 bridgehead atoms. The van der Waals surface area contributed by atoms with Crippen molar-refractivity contribution in [3.8, 4) is 0 Å². The van der Waals surface area contributed by atoms with Crippen molar-refractivity contribution in [2.45, 2.75) is 64.6 Å². The molecule has 1 aromatic carbocycles. The van der Waals surface area contributed by atoms with Crippen molar-refractivity contribution in [1.82, 2.24) is 10.4 Å². The number of rotatable bonds is 4. The van der Waals surface area contributed by atoms with Gasteiger partial charge in [-0.2, -0.15) is 0 Å². The van der Waals surface area contributed by atoms with E-state index in [-0.39, 0.29) is 12.1 Å². The molecule has 0 saturated carbocycles. The molecule has 7 nitrogen and oxygen atoms in total. The smallest absolute Gasteiger partial charge is 0.338 e. The fourth-order valence-corrected chi connectivity index (χ4v) is 3.62. The van der Waals surface area contributed by atoms with E-state index in [9.17, 15) is 14.8 Å². The minimum absolute atomic E-state index is 0.0935. The number of esters is 1. The van der Waals surface area contributed by atoms with Gasteiger partial charge >= 0.3 is 12.0 Å². The van der Waals surface area contributed by atoms with Gasteiger partial charge in [0.05, 0.1) is 12.2 Å². The number of hydrogen-bond donors (Lipinski definition) is 2. The molecule has 26 heavy (non-hydrogen) atoms. The van der Waals surface area contributed by atoms with Crippen molar-refractivity contribution < 1.29 is 19.5 Å². The van der Waals surface area contributed by atoms with E-state index in [1.165, 1.54) is 0 Å². The van der Waals surface area contributed by atoms with E-state index in [4.69, 9.17) is 4.74 Å². The number of amides is 2. The predicted octanol–water partition coefficient (Wildman–Crippen LogP) is 3.35. The molecule has 143 valence electrons. The molecule has 1 saturated heterocycles. The summed E-state index contributed by atoms with van der Waals surface area (Å²) in [7, 11) is 0. The average Bonchev–Trinajstić information content (AvgIpc) is 2.52. The van der Waals surface area contributed by atoms with Gasteiger partial charge < -0.3 is 15.4 Å². The zero-order valence-electron chi connectivity index (χ0n) is 16.1. The molecule has 1 aromatic rings. The summed E-state index contributed by atoms with van der Waals surface area (Å²) in [6, 6.07) is 6.10. The molecule has 1 aliphatic rings. The SMILES string of the molecule is CCOC(=O)c1ccc(NC(=O)NC2CC(C)(C)N([O])C(C)(C)C2)cc1. The Morgan fingerprint density at radius 1 is 1.12 bits per heavy atom. The maximum Gasteiger partial charge on any atom is 0.338 e. The normalized spacial score (nSPS) is 19.6. The van der Waals surface area contributed by atoms with Crippen molar-refractivity contribution in [2.75, 3.05) is 11.9 Å². The van der Waals surface area contributed by atoms with Gasteiger partial charge in [-0.1, -0.05) is 0 Å². The molecule has 1 heterocycles. The molecule has 2 N–H and O–H groups in total. The van der Waals surface area contributed by atoms with Crippen LogP contribution in [0.3, 0.4) is 0 Å². The van der Waals surface area contributed by atoms with Crippen LogP contribution in [0, 0.1) is 0 Å². The molecule has 0 unspecified atom stereocenters. The van der Waals surface area contributed by atoms with E-state index >= 15 is 0 Å². The van der Waals surface area contributed by atoms with E-state index in [0.29, 0.717) is 30.7 Å². The Balaban J connectivity index is 1.95. The molecular weight excluding hydrogens is 334 g/mol. The number of hydroxylamine groups is 2. The zero-order valence-corrected chi connectivity index (χ0v) is 16.1. The lowest BCUT2D eigenvalue weighted by molar-refractivity contribution is -0.289. The van der Waals surface area contributed by atoms with Gasteiger partial charge in [-0.05, 0) is 71.7 Å². The van der Waals surface area contributed by atoms with Gasteiger partial charge in [-0.15, -0.1) is 10.3 Å². The lowest BCUT2D eigenvalue weighted by atomic mass is 9.79.